The third-order valence-corrected chi connectivity index (χ3v) is 2.78. The van der Waals surface area contributed by atoms with Crippen molar-refractivity contribution in [2.45, 2.75) is 11.8 Å². The van der Waals surface area contributed by atoms with E-state index in [-0.39, 0.29) is 5.38 Å². The van der Waals surface area contributed by atoms with Crippen LogP contribution in [0.1, 0.15) is 16.8 Å². The third-order valence-electron chi connectivity index (χ3n) is 2.14. The Kier molecular flexibility index (Phi) is 3.29. The third kappa shape index (κ3) is 2.74. The van der Waals surface area contributed by atoms with Gasteiger partial charge in [0, 0.05) is 23.8 Å². The molecule has 15 heavy (non-hydrogen) atoms. The summed E-state index contributed by atoms with van der Waals surface area (Å²) in [6.07, 6.45) is 4.18. The predicted octanol–water partition coefficient (Wildman–Crippen LogP) is 3.59. The number of hydrogen-bond donors (Lipinski definition) is 1. The average Bonchev–Trinajstić information content (AvgIpc) is 2.70. The molecule has 0 aliphatic heterocycles. The van der Waals surface area contributed by atoms with Gasteiger partial charge >= 0.3 is 0 Å². The van der Waals surface area contributed by atoms with Crippen molar-refractivity contribution in [1.82, 2.24) is 9.97 Å². The molecule has 1 heterocycles. The monoisotopic (exact) mass is 240 g/mol. The molecule has 0 saturated carbocycles. The van der Waals surface area contributed by atoms with E-state index in [0.717, 1.165) is 11.4 Å². The molecule has 0 aliphatic carbocycles. The van der Waals surface area contributed by atoms with Gasteiger partial charge in [0.25, 0.3) is 0 Å². The van der Waals surface area contributed by atoms with Gasteiger partial charge < -0.3 is 4.98 Å². The van der Waals surface area contributed by atoms with Gasteiger partial charge in [-0.05, 0) is 17.7 Å². The number of nitrogens with one attached hydrogen (secondary N) is 1. The number of rotatable bonds is 3. The maximum Gasteiger partial charge on any atom is 0.107 e. The lowest BCUT2D eigenvalue weighted by Gasteiger charge is -2.08. The number of aromatic amines is 1. The van der Waals surface area contributed by atoms with E-state index < -0.39 is 0 Å². The molecule has 1 aromatic carbocycles. The number of hydrogen-bond acceptors (Lipinski definition) is 1. The van der Waals surface area contributed by atoms with E-state index in [0.29, 0.717) is 11.4 Å². The van der Waals surface area contributed by atoms with Gasteiger partial charge in [0.1, 0.15) is 5.82 Å². The van der Waals surface area contributed by atoms with Gasteiger partial charge in [-0.2, -0.15) is 0 Å². The number of H-pyrrole nitrogens is 1. The van der Waals surface area contributed by atoms with Crippen LogP contribution in [0.5, 0.6) is 0 Å². The number of benzene rings is 1. The molecule has 0 fully saturated rings. The zero-order chi connectivity index (χ0) is 10.7. The fraction of sp³-hybridized carbons (Fsp3) is 0.182. The summed E-state index contributed by atoms with van der Waals surface area (Å²) in [5.74, 6) is 0.884. The Labute approximate surface area is 98.3 Å². The van der Waals surface area contributed by atoms with Gasteiger partial charge in [0.15, 0.2) is 0 Å². The standard InChI is InChI=1S/C11H10Cl2N2/c12-9-3-1-2-8(6-9)10(13)7-11-14-4-5-15-11/h1-6,10H,7H2,(H,14,15). The second-order valence-corrected chi connectivity index (χ2v) is 4.23. The molecule has 1 aromatic heterocycles. The van der Waals surface area contributed by atoms with Crippen molar-refractivity contribution in [3.63, 3.8) is 0 Å². The molecule has 0 aliphatic rings. The van der Waals surface area contributed by atoms with E-state index in [2.05, 4.69) is 9.97 Å². The number of alkyl halides is 1. The summed E-state index contributed by atoms with van der Waals surface area (Å²) in [5.41, 5.74) is 1.01. The Hall–Kier alpha value is -0.990. The minimum absolute atomic E-state index is 0.102. The van der Waals surface area contributed by atoms with Crippen LogP contribution >= 0.6 is 23.2 Å². The first kappa shape index (κ1) is 10.5. The molecule has 4 heteroatoms. The summed E-state index contributed by atoms with van der Waals surface area (Å²) < 4.78 is 0. The first-order chi connectivity index (χ1) is 7.25. The molecule has 0 radical (unpaired) electrons. The Morgan fingerprint density at radius 2 is 2.27 bits per heavy atom. The van der Waals surface area contributed by atoms with Gasteiger partial charge in [-0.3, -0.25) is 0 Å². The van der Waals surface area contributed by atoms with Crippen molar-refractivity contribution in [1.29, 1.82) is 0 Å². The summed E-state index contributed by atoms with van der Waals surface area (Å²) >= 11 is 12.1. The molecule has 0 spiro atoms. The second kappa shape index (κ2) is 4.69. The van der Waals surface area contributed by atoms with Crippen molar-refractivity contribution in [3.05, 3.63) is 53.1 Å². The largest absolute Gasteiger partial charge is 0.349 e. The van der Waals surface area contributed by atoms with Crippen LogP contribution in [0, 0.1) is 0 Å². The van der Waals surface area contributed by atoms with Gasteiger partial charge in [0.05, 0.1) is 5.38 Å². The summed E-state index contributed by atoms with van der Waals surface area (Å²) in [6, 6.07) is 7.57. The lowest BCUT2D eigenvalue weighted by Crippen LogP contribution is -1.97. The molecule has 2 rings (SSSR count). The smallest absolute Gasteiger partial charge is 0.107 e. The summed E-state index contributed by atoms with van der Waals surface area (Å²) in [7, 11) is 0. The molecule has 1 unspecified atom stereocenters. The second-order valence-electron chi connectivity index (χ2n) is 3.26. The van der Waals surface area contributed by atoms with E-state index in [1.54, 1.807) is 12.4 Å². The van der Waals surface area contributed by atoms with E-state index in [1.807, 2.05) is 24.3 Å². The fourth-order valence-corrected chi connectivity index (χ4v) is 1.88. The van der Waals surface area contributed by atoms with Gasteiger partial charge in [0.2, 0.25) is 0 Å². The minimum Gasteiger partial charge on any atom is -0.349 e. The van der Waals surface area contributed by atoms with Crippen molar-refractivity contribution < 1.29 is 0 Å². The number of imidazole rings is 1. The molecule has 2 nitrogen and oxygen atoms in total. The lowest BCUT2D eigenvalue weighted by atomic mass is 10.1. The van der Waals surface area contributed by atoms with Gasteiger partial charge in [-0.1, -0.05) is 23.7 Å². The highest BCUT2D eigenvalue weighted by Crippen LogP contribution is 2.25. The highest BCUT2D eigenvalue weighted by Gasteiger charge is 2.10. The SMILES string of the molecule is Clc1cccc(C(Cl)Cc2ncc[nH]2)c1. The average molecular weight is 241 g/mol. The molecular weight excluding hydrogens is 231 g/mol. The summed E-state index contributed by atoms with van der Waals surface area (Å²) in [5, 5.41) is 0.604. The zero-order valence-electron chi connectivity index (χ0n) is 7.95. The molecule has 0 bridgehead atoms. The van der Waals surface area contributed by atoms with Crippen LogP contribution in [0.3, 0.4) is 0 Å². The molecule has 0 saturated heterocycles. The van der Waals surface area contributed by atoms with Crippen molar-refractivity contribution in [3.8, 4) is 0 Å². The van der Waals surface area contributed by atoms with Gasteiger partial charge in [-0.25, -0.2) is 4.98 Å². The minimum atomic E-state index is -0.102. The van der Waals surface area contributed by atoms with Crippen LogP contribution in [-0.2, 0) is 6.42 Å². The van der Waals surface area contributed by atoms with E-state index >= 15 is 0 Å². The molecule has 1 atom stereocenters. The van der Waals surface area contributed by atoms with Crippen LogP contribution in [0.25, 0.3) is 0 Å². The topological polar surface area (TPSA) is 28.7 Å². The molecule has 2 aromatic rings. The Balaban J connectivity index is 2.11. The highest BCUT2D eigenvalue weighted by molar-refractivity contribution is 6.30. The molecule has 78 valence electrons. The lowest BCUT2D eigenvalue weighted by molar-refractivity contribution is 0.855. The first-order valence-corrected chi connectivity index (χ1v) is 5.45. The molecular formula is C11H10Cl2N2. The van der Waals surface area contributed by atoms with Crippen LogP contribution in [0.2, 0.25) is 5.02 Å². The summed E-state index contributed by atoms with van der Waals surface area (Å²) in [6.45, 7) is 0. The quantitative estimate of drug-likeness (QED) is 0.817. The highest BCUT2D eigenvalue weighted by atomic mass is 35.5. The van der Waals surface area contributed by atoms with Gasteiger partial charge in [-0.15, -0.1) is 11.6 Å². The predicted molar refractivity (Wildman–Crippen MR) is 62.3 cm³/mol. The summed E-state index contributed by atoms with van der Waals surface area (Å²) in [4.78, 5) is 7.16. The number of aromatic nitrogens is 2. The van der Waals surface area contributed by atoms with Crippen molar-refractivity contribution in [2.24, 2.45) is 0 Å². The van der Waals surface area contributed by atoms with Crippen LogP contribution in [-0.4, -0.2) is 9.97 Å². The Morgan fingerprint density at radius 1 is 1.40 bits per heavy atom. The molecule has 0 amide bonds. The maximum absolute atomic E-state index is 6.25. The van der Waals surface area contributed by atoms with Crippen molar-refractivity contribution in [2.75, 3.05) is 0 Å². The fourth-order valence-electron chi connectivity index (χ4n) is 1.40. The van der Waals surface area contributed by atoms with E-state index in [1.165, 1.54) is 0 Å². The van der Waals surface area contributed by atoms with Crippen LogP contribution in [0.15, 0.2) is 36.7 Å². The van der Waals surface area contributed by atoms with Crippen LogP contribution in [0.4, 0.5) is 0 Å². The number of halogens is 2. The van der Waals surface area contributed by atoms with E-state index in [4.69, 9.17) is 23.2 Å². The van der Waals surface area contributed by atoms with Crippen LogP contribution < -0.4 is 0 Å². The first-order valence-electron chi connectivity index (χ1n) is 4.63. The molecule has 1 N–H and O–H groups in total. The number of nitrogens with zero attached hydrogens (tertiary/aromatic N) is 1. The van der Waals surface area contributed by atoms with E-state index in [9.17, 15) is 0 Å². The Morgan fingerprint density at radius 3 is 2.93 bits per heavy atom. The normalized spacial score (nSPS) is 12.7. The Bertz CT molecular complexity index is 426. The maximum atomic E-state index is 6.25. The van der Waals surface area contributed by atoms with Crippen molar-refractivity contribution >= 4 is 23.2 Å². The zero-order valence-corrected chi connectivity index (χ0v) is 9.46.